The van der Waals surface area contributed by atoms with Crippen LogP contribution in [0.4, 0.5) is 0 Å². The lowest BCUT2D eigenvalue weighted by molar-refractivity contribution is 0.252. The van der Waals surface area contributed by atoms with Gasteiger partial charge in [-0.3, -0.25) is 4.90 Å². The molecule has 0 spiro atoms. The molecule has 17 heavy (non-hydrogen) atoms. The number of rotatable bonds is 4. The van der Waals surface area contributed by atoms with Crippen molar-refractivity contribution in [1.29, 1.82) is 0 Å². The molecule has 0 amide bonds. The van der Waals surface area contributed by atoms with Crippen LogP contribution in [0.15, 0.2) is 28.7 Å². The first-order chi connectivity index (χ1) is 8.20. The third kappa shape index (κ3) is 3.30. The maximum atomic E-state index is 3.55. The number of hydrogen-bond acceptors (Lipinski definition) is 2. The fourth-order valence-electron chi connectivity index (χ4n) is 2.65. The van der Waals surface area contributed by atoms with E-state index in [1.165, 1.54) is 29.5 Å². The molecule has 2 atom stereocenters. The Kier molecular flexibility index (Phi) is 4.60. The molecule has 1 aromatic rings. The van der Waals surface area contributed by atoms with Crippen LogP contribution < -0.4 is 5.32 Å². The highest BCUT2D eigenvalue weighted by Gasteiger charge is 2.26. The van der Waals surface area contributed by atoms with Crippen molar-refractivity contribution in [3.63, 3.8) is 0 Å². The van der Waals surface area contributed by atoms with E-state index in [1.54, 1.807) is 0 Å². The van der Waals surface area contributed by atoms with Crippen LogP contribution in [0, 0.1) is 5.92 Å². The van der Waals surface area contributed by atoms with Gasteiger partial charge >= 0.3 is 0 Å². The second-order valence-corrected chi connectivity index (χ2v) is 5.85. The van der Waals surface area contributed by atoms with Crippen molar-refractivity contribution in [3.05, 3.63) is 34.3 Å². The van der Waals surface area contributed by atoms with E-state index in [9.17, 15) is 0 Å². The van der Waals surface area contributed by atoms with E-state index >= 15 is 0 Å². The van der Waals surface area contributed by atoms with Crippen molar-refractivity contribution < 1.29 is 0 Å². The number of nitrogens with one attached hydrogen (secondary N) is 1. The Morgan fingerprint density at radius 2 is 2.35 bits per heavy atom. The summed E-state index contributed by atoms with van der Waals surface area (Å²) in [5.41, 5.74) is 1.41. The van der Waals surface area contributed by atoms with E-state index in [1.807, 2.05) is 7.05 Å². The van der Waals surface area contributed by atoms with Crippen LogP contribution in [0.5, 0.6) is 0 Å². The summed E-state index contributed by atoms with van der Waals surface area (Å²) in [5, 5.41) is 3.28. The molecule has 2 unspecified atom stereocenters. The highest BCUT2D eigenvalue weighted by molar-refractivity contribution is 9.10. The lowest BCUT2D eigenvalue weighted by Crippen LogP contribution is -2.27. The van der Waals surface area contributed by atoms with Crippen molar-refractivity contribution in [2.45, 2.75) is 19.4 Å². The molecule has 0 bridgehead atoms. The summed E-state index contributed by atoms with van der Waals surface area (Å²) >= 11 is 3.55. The predicted molar refractivity (Wildman–Crippen MR) is 76.2 cm³/mol. The van der Waals surface area contributed by atoms with Gasteiger partial charge in [-0.1, -0.05) is 28.1 Å². The zero-order chi connectivity index (χ0) is 12.3. The molecule has 1 aliphatic heterocycles. The monoisotopic (exact) mass is 296 g/mol. The van der Waals surface area contributed by atoms with E-state index in [2.05, 4.69) is 57.3 Å². The zero-order valence-corrected chi connectivity index (χ0v) is 12.2. The van der Waals surface area contributed by atoms with Gasteiger partial charge in [0.15, 0.2) is 0 Å². The number of halogens is 1. The minimum Gasteiger partial charge on any atom is -0.319 e. The molecule has 94 valence electrons. The molecule has 0 saturated carbocycles. The van der Waals surface area contributed by atoms with E-state index < -0.39 is 0 Å². The Hall–Kier alpha value is -0.380. The maximum absolute atomic E-state index is 3.55. The summed E-state index contributed by atoms with van der Waals surface area (Å²) in [5.74, 6) is 0.814. The van der Waals surface area contributed by atoms with Gasteiger partial charge in [-0.2, -0.15) is 0 Å². The Morgan fingerprint density at radius 3 is 3.06 bits per heavy atom. The van der Waals surface area contributed by atoms with Crippen molar-refractivity contribution >= 4 is 15.9 Å². The molecule has 1 aromatic carbocycles. The first-order valence-corrected chi connectivity index (χ1v) is 7.14. The van der Waals surface area contributed by atoms with Gasteiger partial charge in [0.1, 0.15) is 0 Å². The largest absolute Gasteiger partial charge is 0.319 e. The number of nitrogens with zero attached hydrogens (tertiary/aromatic N) is 1. The Bertz CT molecular complexity index is 367. The smallest absolute Gasteiger partial charge is 0.0320 e. The molecular weight excluding hydrogens is 276 g/mol. The van der Waals surface area contributed by atoms with Gasteiger partial charge in [-0.05, 0) is 57.1 Å². The summed E-state index contributed by atoms with van der Waals surface area (Å²) in [6.07, 6.45) is 1.32. The second kappa shape index (κ2) is 5.98. The zero-order valence-electron chi connectivity index (χ0n) is 10.6. The third-order valence-corrected chi connectivity index (χ3v) is 4.18. The van der Waals surface area contributed by atoms with Crippen LogP contribution in [0.25, 0.3) is 0 Å². The highest BCUT2D eigenvalue weighted by Crippen LogP contribution is 2.28. The normalized spacial score (nSPS) is 22.9. The van der Waals surface area contributed by atoms with E-state index in [0.717, 1.165) is 12.5 Å². The molecule has 0 radical (unpaired) electrons. The lowest BCUT2D eigenvalue weighted by Gasteiger charge is -2.25. The molecule has 2 rings (SSSR count). The Labute approximate surface area is 113 Å². The van der Waals surface area contributed by atoms with E-state index in [0.29, 0.717) is 6.04 Å². The third-order valence-electron chi connectivity index (χ3n) is 3.69. The topological polar surface area (TPSA) is 15.3 Å². The Morgan fingerprint density at radius 1 is 1.53 bits per heavy atom. The summed E-state index contributed by atoms with van der Waals surface area (Å²) in [6, 6.07) is 9.19. The number of hydrogen-bond donors (Lipinski definition) is 1. The first kappa shape index (κ1) is 13.1. The molecule has 0 aromatic heterocycles. The van der Waals surface area contributed by atoms with Gasteiger partial charge in [-0.15, -0.1) is 0 Å². The van der Waals surface area contributed by atoms with E-state index in [-0.39, 0.29) is 0 Å². The van der Waals surface area contributed by atoms with Gasteiger partial charge in [0.2, 0.25) is 0 Å². The minimum absolute atomic E-state index is 0.523. The standard InChI is InChI=1S/C14H21BrN2/c1-11(13-4-3-5-14(15)8-13)17-7-6-12(10-17)9-16-2/h3-5,8,11-12,16H,6-7,9-10H2,1-2H3. The SMILES string of the molecule is CNCC1CCN(C(C)c2cccc(Br)c2)C1. The molecule has 2 nitrogen and oxygen atoms in total. The number of likely N-dealkylation sites (tertiary alicyclic amines) is 1. The van der Waals surface area contributed by atoms with Gasteiger partial charge in [0.25, 0.3) is 0 Å². The first-order valence-electron chi connectivity index (χ1n) is 6.35. The van der Waals surface area contributed by atoms with Crippen molar-refractivity contribution in [1.82, 2.24) is 10.2 Å². The molecule has 1 aliphatic rings. The summed E-state index contributed by atoms with van der Waals surface area (Å²) in [6.45, 7) is 5.89. The molecule has 3 heteroatoms. The molecule has 1 N–H and O–H groups in total. The summed E-state index contributed by atoms with van der Waals surface area (Å²) in [4.78, 5) is 2.59. The average Bonchev–Trinajstić information content (AvgIpc) is 2.77. The minimum atomic E-state index is 0.523. The molecule has 1 saturated heterocycles. The van der Waals surface area contributed by atoms with Gasteiger partial charge < -0.3 is 5.32 Å². The summed E-state index contributed by atoms with van der Waals surface area (Å²) < 4.78 is 1.17. The second-order valence-electron chi connectivity index (χ2n) is 4.94. The lowest BCUT2D eigenvalue weighted by atomic mass is 10.1. The van der Waals surface area contributed by atoms with Crippen LogP contribution >= 0.6 is 15.9 Å². The van der Waals surface area contributed by atoms with Crippen molar-refractivity contribution in [2.75, 3.05) is 26.7 Å². The van der Waals surface area contributed by atoms with Crippen LogP contribution in [0.1, 0.15) is 24.9 Å². The average molecular weight is 297 g/mol. The van der Waals surface area contributed by atoms with Gasteiger partial charge in [0.05, 0.1) is 0 Å². The van der Waals surface area contributed by atoms with Crippen LogP contribution in [0.2, 0.25) is 0 Å². The van der Waals surface area contributed by atoms with Crippen LogP contribution in [-0.4, -0.2) is 31.6 Å². The quantitative estimate of drug-likeness (QED) is 0.919. The molecule has 1 heterocycles. The van der Waals surface area contributed by atoms with Crippen LogP contribution in [-0.2, 0) is 0 Å². The fraction of sp³-hybridized carbons (Fsp3) is 0.571. The molecular formula is C14H21BrN2. The van der Waals surface area contributed by atoms with Crippen molar-refractivity contribution in [2.24, 2.45) is 5.92 Å². The Balaban J connectivity index is 1.99. The maximum Gasteiger partial charge on any atom is 0.0320 e. The van der Waals surface area contributed by atoms with Gasteiger partial charge in [0, 0.05) is 17.1 Å². The summed E-state index contributed by atoms with van der Waals surface area (Å²) in [7, 11) is 2.04. The highest BCUT2D eigenvalue weighted by atomic mass is 79.9. The van der Waals surface area contributed by atoms with Crippen molar-refractivity contribution in [3.8, 4) is 0 Å². The fourth-order valence-corrected chi connectivity index (χ4v) is 3.06. The predicted octanol–water partition coefficient (Wildman–Crippen LogP) is 3.05. The molecule has 0 aliphatic carbocycles. The van der Waals surface area contributed by atoms with Crippen LogP contribution in [0.3, 0.4) is 0 Å². The molecule has 1 fully saturated rings. The van der Waals surface area contributed by atoms with Gasteiger partial charge in [-0.25, -0.2) is 0 Å². The van der Waals surface area contributed by atoms with E-state index in [4.69, 9.17) is 0 Å². The number of benzene rings is 1.